The lowest BCUT2D eigenvalue weighted by Gasteiger charge is -2.30. The van der Waals surface area contributed by atoms with Crippen molar-refractivity contribution in [1.82, 2.24) is 0 Å². The zero-order valence-electron chi connectivity index (χ0n) is 9.20. The van der Waals surface area contributed by atoms with Crippen LogP contribution in [0.5, 0.6) is 0 Å². The van der Waals surface area contributed by atoms with Gasteiger partial charge in [-0.3, -0.25) is 0 Å². The molecule has 0 radical (unpaired) electrons. The smallest absolute Gasteiger partial charge is 0.0642 e. The van der Waals surface area contributed by atoms with Crippen LogP contribution in [0.2, 0.25) is 0 Å². The predicted molar refractivity (Wildman–Crippen MR) is 63.6 cm³/mol. The first-order valence-corrected chi connectivity index (χ1v) is 5.57. The van der Waals surface area contributed by atoms with Crippen molar-refractivity contribution in [3.8, 4) is 0 Å². The summed E-state index contributed by atoms with van der Waals surface area (Å²) in [5.41, 5.74) is 2.52. The highest BCUT2D eigenvalue weighted by molar-refractivity contribution is 5.70. The Morgan fingerprint density at radius 3 is 2.73 bits per heavy atom. The van der Waals surface area contributed by atoms with Gasteiger partial charge in [0.1, 0.15) is 0 Å². The van der Waals surface area contributed by atoms with Gasteiger partial charge in [-0.25, -0.2) is 0 Å². The molecular formula is C12H18N2O. The first kappa shape index (κ1) is 10.3. The van der Waals surface area contributed by atoms with Crippen LogP contribution in [0.3, 0.4) is 0 Å². The van der Waals surface area contributed by atoms with E-state index in [4.69, 9.17) is 4.74 Å². The van der Waals surface area contributed by atoms with Crippen molar-refractivity contribution >= 4 is 11.4 Å². The number of benzene rings is 1. The van der Waals surface area contributed by atoms with E-state index in [0.717, 1.165) is 32.8 Å². The SMILES string of the molecule is CCNc1ccccc1N1CCOCC1. The second kappa shape index (κ2) is 5.03. The van der Waals surface area contributed by atoms with Gasteiger partial charge in [-0.15, -0.1) is 0 Å². The van der Waals surface area contributed by atoms with Gasteiger partial charge < -0.3 is 15.0 Å². The normalized spacial score (nSPS) is 16.5. The molecule has 0 spiro atoms. The molecule has 1 aliphatic rings. The van der Waals surface area contributed by atoms with Gasteiger partial charge in [0, 0.05) is 19.6 Å². The fraction of sp³-hybridized carbons (Fsp3) is 0.500. The molecule has 0 atom stereocenters. The van der Waals surface area contributed by atoms with Crippen molar-refractivity contribution in [3.63, 3.8) is 0 Å². The van der Waals surface area contributed by atoms with Gasteiger partial charge >= 0.3 is 0 Å². The molecule has 3 heteroatoms. The summed E-state index contributed by atoms with van der Waals surface area (Å²) in [6.07, 6.45) is 0. The molecule has 1 fully saturated rings. The number of hydrogen-bond donors (Lipinski definition) is 1. The summed E-state index contributed by atoms with van der Waals surface area (Å²) in [5.74, 6) is 0. The lowest BCUT2D eigenvalue weighted by Crippen LogP contribution is -2.36. The van der Waals surface area contributed by atoms with E-state index >= 15 is 0 Å². The molecule has 2 rings (SSSR count). The van der Waals surface area contributed by atoms with E-state index in [-0.39, 0.29) is 0 Å². The topological polar surface area (TPSA) is 24.5 Å². The Morgan fingerprint density at radius 1 is 1.27 bits per heavy atom. The summed E-state index contributed by atoms with van der Waals surface area (Å²) in [7, 11) is 0. The second-order valence-electron chi connectivity index (χ2n) is 3.65. The van der Waals surface area contributed by atoms with Crippen LogP contribution in [0.1, 0.15) is 6.92 Å². The van der Waals surface area contributed by atoms with Crippen LogP contribution in [0.15, 0.2) is 24.3 Å². The number of morpholine rings is 1. The number of hydrogen-bond acceptors (Lipinski definition) is 3. The third kappa shape index (κ3) is 2.42. The summed E-state index contributed by atoms with van der Waals surface area (Å²) < 4.78 is 5.36. The average molecular weight is 206 g/mol. The second-order valence-corrected chi connectivity index (χ2v) is 3.65. The van der Waals surface area contributed by atoms with Crippen molar-refractivity contribution in [1.29, 1.82) is 0 Å². The van der Waals surface area contributed by atoms with E-state index in [2.05, 4.69) is 41.4 Å². The third-order valence-corrected chi connectivity index (χ3v) is 2.62. The lowest BCUT2D eigenvalue weighted by atomic mass is 10.2. The summed E-state index contributed by atoms with van der Waals surface area (Å²) >= 11 is 0. The molecule has 0 bridgehead atoms. The Bertz CT molecular complexity index is 308. The molecule has 15 heavy (non-hydrogen) atoms. The molecule has 1 aromatic carbocycles. The van der Waals surface area contributed by atoms with E-state index in [1.54, 1.807) is 0 Å². The maximum Gasteiger partial charge on any atom is 0.0642 e. The molecule has 1 heterocycles. The summed E-state index contributed by atoms with van der Waals surface area (Å²) in [6.45, 7) is 6.73. The summed E-state index contributed by atoms with van der Waals surface area (Å²) in [6, 6.07) is 8.46. The molecule has 3 nitrogen and oxygen atoms in total. The molecule has 0 unspecified atom stereocenters. The van der Waals surface area contributed by atoms with Crippen molar-refractivity contribution in [2.24, 2.45) is 0 Å². The monoisotopic (exact) mass is 206 g/mol. The molecule has 1 aliphatic heterocycles. The summed E-state index contributed by atoms with van der Waals surface area (Å²) in [4.78, 5) is 2.38. The minimum atomic E-state index is 0.834. The third-order valence-electron chi connectivity index (χ3n) is 2.62. The van der Waals surface area contributed by atoms with Gasteiger partial charge in [-0.1, -0.05) is 12.1 Å². The fourth-order valence-electron chi connectivity index (χ4n) is 1.89. The number of anilines is 2. The first-order valence-electron chi connectivity index (χ1n) is 5.57. The van der Waals surface area contributed by atoms with Crippen LogP contribution in [0, 0.1) is 0 Å². The highest BCUT2D eigenvalue weighted by Gasteiger charge is 2.13. The molecule has 1 N–H and O–H groups in total. The highest BCUT2D eigenvalue weighted by Crippen LogP contribution is 2.25. The van der Waals surface area contributed by atoms with Crippen LogP contribution < -0.4 is 10.2 Å². The van der Waals surface area contributed by atoms with Crippen molar-refractivity contribution in [2.75, 3.05) is 43.1 Å². The Kier molecular flexibility index (Phi) is 3.45. The molecular weight excluding hydrogens is 188 g/mol. The summed E-state index contributed by atoms with van der Waals surface area (Å²) in [5, 5.41) is 3.39. The van der Waals surface area contributed by atoms with E-state index in [1.807, 2.05) is 0 Å². The minimum Gasteiger partial charge on any atom is -0.384 e. The van der Waals surface area contributed by atoms with Crippen molar-refractivity contribution in [2.45, 2.75) is 6.92 Å². The average Bonchev–Trinajstić information content (AvgIpc) is 2.31. The molecule has 0 saturated carbocycles. The zero-order valence-corrected chi connectivity index (χ0v) is 9.20. The van der Waals surface area contributed by atoms with Crippen LogP contribution in [-0.4, -0.2) is 32.8 Å². The van der Waals surface area contributed by atoms with Crippen LogP contribution in [0.25, 0.3) is 0 Å². The number of rotatable bonds is 3. The van der Waals surface area contributed by atoms with Gasteiger partial charge in [0.2, 0.25) is 0 Å². The largest absolute Gasteiger partial charge is 0.384 e. The van der Waals surface area contributed by atoms with Crippen LogP contribution in [-0.2, 0) is 4.74 Å². The lowest BCUT2D eigenvalue weighted by molar-refractivity contribution is 0.123. The Morgan fingerprint density at radius 2 is 2.00 bits per heavy atom. The number of para-hydroxylation sites is 2. The van der Waals surface area contributed by atoms with Gasteiger partial charge in [0.05, 0.1) is 24.6 Å². The van der Waals surface area contributed by atoms with Gasteiger partial charge in [0.15, 0.2) is 0 Å². The standard InChI is InChI=1S/C12H18N2O/c1-2-13-11-5-3-4-6-12(11)14-7-9-15-10-8-14/h3-6,13H,2,7-10H2,1H3. The molecule has 0 amide bonds. The number of ether oxygens (including phenoxy) is 1. The van der Waals surface area contributed by atoms with E-state index in [0.29, 0.717) is 0 Å². The van der Waals surface area contributed by atoms with Crippen molar-refractivity contribution in [3.05, 3.63) is 24.3 Å². The fourth-order valence-corrected chi connectivity index (χ4v) is 1.89. The van der Waals surface area contributed by atoms with Gasteiger partial charge in [-0.2, -0.15) is 0 Å². The van der Waals surface area contributed by atoms with Gasteiger partial charge in [0.25, 0.3) is 0 Å². The Labute approximate surface area is 91.0 Å². The maximum absolute atomic E-state index is 5.36. The zero-order chi connectivity index (χ0) is 10.5. The van der Waals surface area contributed by atoms with E-state index < -0.39 is 0 Å². The van der Waals surface area contributed by atoms with Gasteiger partial charge in [-0.05, 0) is 19.1 Å². The number of nitrogens with zero attached hydrogens (tertiary/aromatic N) is 1. The van der Waals surface area contributed by atoms with Crippen LogP contribution in [0.4, 0.5) is 11.4 Å². The Balaban J connectivity index is 2.17. The Hall–Kier alpha value is -1.22. The van der Waals surface area contributed by atoms with E-state index in [9.17, 15) is 0 Å². The van der Waals surface area contributed by atoms with Crippen molar-refractivity contribution < 1.29 is 4.74 Å². The molecule has 82 valence electrons. The highest BCUT2D eigenvalue weighted by atomic mass is 16.5. The molecule has 0 aliphatic carbocycles. The van der Waals surface area contributed by atoms with E-state index in [1.165, 1.54) is 11.4 Å². The maximum atomic E-state index is 5.36. The molecule has 0 aromatic heterocycles. The first-order chi connectivity index (χ1) is 7.42. The molecule has 1 aromatic rings. The molecule has 1 saturated heterocycles. The minimum absolute atomic E-state index is 0.834. The number of nitrogens with one attached hydrogen (secondary N) is 1. The quantitative estimate of drug-likeness (QED) is 0.818. The predicted octanol–water partition coefficient (Wildman–Crippen LogP) is 1.95. The van der Waals surface area contributed by atoms with Crippen LogP contribution >= 0.6 is 0 Å².